The molecule has 38 heavy (non-hydrogen) atoms. The number of piperazine rings is 1. The van der Waals surface area contributed by atoms with Crippen molar-refractivity contribution in [1.29, 1.82) is 0 Å². The Balaban J connectivity index is 1.43. The number of fused-ring (bicyclic) bond motifs is 6. The Hall–Kier alpha value is -3.59. The molecule has 1 N–H and O–H groups in total. The largest absolute Gasteiger partial charge is 0.488 e. The highest BCUT2D eigenvalue weighted by Gasteiger charge is 2.38. The highest BCUT2D eigenvalue weighted by Crippen LogP contribution is 2.46. The first-order chi connectivity index (χ1) is 18.0. The molecule has 0 spiro atoms. The lowest BCUT2D eigenvalue weighted by Gasteiger charge is -2.45. The van der Waals surface area contributed by atoms with E-state index in [0.29, 0.717) is 60.7 Å². The fraction of sp³-hybridized carbons (Fsp3) is 0.393. The van der Waals surface area contributed by atoms with Gasteiger partial charge in [-0.15, -0.1) is 0 Å². The highest BCUT2D eigenvalue weighted by molar-refractivity contribution is 6.35. The lowest BCUT2D eigenvalue weighted by molar-refractivity contribution is 0.0195. The molecule has 4 heterocycles. The normalized spacial score (nSPS) is 18.5. The van der Waals surface area contributed by atoms with Gasteiger partial charge in [0.15, 0.2) is 11.6 Å². The van der Waals surface area contributed by atoms with Gasteiger partial charge in [0.2, 0.25) is 0 Å². The van der Waals surface area contributed by atoms with Gasteiger partial charge in [0.25, 0.3) is 5.91 Å². The number of hydrogen-bond donors (Lipinski definition) is 1. The first-order valence-corrected chi connectivity index (χ1v) is 13.0. The van der Waals surface area contributed by atoms with Crippen LogP contribution in [0.25, 0.3) is 22.0 Å². The number of rotatable bonds is 1. The third-order valence-corrected chi connectivity index (χ3v) is 7.56. The molecule has 10 heteroatoms. The van der Waals surface area contributed by atoms with Gasteiger partial charge in [-0.25, -0.2) is 14.2 Å². The average molecular weight is 539 g/mol. The van der Waals surface area contributed by atoms with E-state index in [9.17, 15) is 9.59 Å². The molecule has 1 saturated heterocycles. The molecular weight excluding hydrogens is 511 g/mol. The van der Waals surface area contributed by atoms with Gasteiger partial charge in [0.05, 0.1) is 28.5 Å². The Morgan fingerprint density at radius 1 is 1.24 bits per heavy atom. The molecule has 0 bridgehead atoms. The van der Waals surface area contributed by atoms with Crippen LogP contribution in [0.15, 0.2) is 24.4 Å². The van der Waals surface area contributed by atoms with Crippen molar-refractivity contribution in [2.45, 2.75) is 45.9 Å². The summed E-state index contributed by atoms with van der Waals surface area (Å²) in [5, 5.41) is 3.53. The van der Waals surface area contributed by atoms with Crippen LogP contribution in [0.3, 0.4) is 0 Å². The first-order valence-electron chi connectivity index (χ1n) is 12.6. The lowest BCUT2D eigenvalue weighted by Crippen LogP contribution is -2.59. The molecule has 198 valence electrons. The van der Waals surface area contributed by atoms with Crippen LogP contribution in [-0.4, -0.2) is 59.8 Å². The highest BCUT2D eigenvalue weighted by atomic mass is 35.5. The van der Waals surface area contributed by atoms with E-state index < -0.39 is 11.4 Å². The van der Waals surface area contributed by atoms with Crippen LogP contribution in [0.1, 0.15) is 42.3 Å². The molecular formula is C28H28ClFN4O4. The van der Waals surface area contributed by atoms with Crippen LogP contribution in [0, 0.1) is 12.7 Å². The molecule has 3 aliphatic rings. The molecule has 0 aliphatic carbocycles. The molecule has 2 amide bonds. The Kier molecular flexibility index (Phi) is 5.68. The number of nitrogens with one attached hydrogen (secondary N) is 1. The number of halogens is 2. The van der Waals surface area contributed by atoms with E-state index in [0.717, 1.165) is 11.1 Å². The van der Waals surface area contributed by atoms with Gasteiger partial charge in [-0.3, -0.25) is 4.79 Å². The van der Waals surface area contributed by atoms with E-state index in [1.165, 1.54) is 6.20 Å². The Morgan fingerprint density at radius 3 is 2.79 bits per heavy atom. The summed E-state index contributed by atoms with van der Waals surface area (Å²) in [4.78, 5) is 33.6. The van der Waals surface area contributed by atoms with Gasteiger partial charge < -0.3 is 24.6 Å². The summed E-state index contributed by atoms with van der Waals surface area (Å²) in [5.41, 5.74) is 2.93. The van der Waals surface area contributed by atoms with Crippen molar-refractivity contribution < 1.29 is 23.5 Å². The molecule has 3 aliphatic heterocycles. The maximum atomic E-state index is 16.3. The van der Waals surface area contributed by atoms with Gasteiger partial charge in [0.1, 0.15) is 17.7 Å². The Bertz CT molecular complexity index is 1520. The molecule has 1 fully saturated rings. The van der Waals surface area contributed by atoms with Crippen molar-refractivity contribution in [2.24, 2.45) is 0 Å². The van der Waals surface area contributed by atoms with Crippen LogP contribution < -0.4 is 15.0 Å². The predicted octanol–water partition coefficient (Wildman–Crippen LogP) is 5.06. The van der Waals surface area contributed by atoms with Gasteiger partial charge in [-0.2, -0.15) is 0 Å². The Labute approximate surface area is 224 Å². The summed E-state index contributed by atoms with van der Waals surface area (Å²) >= 11 is 6.78. The average Bonchev–Trinajstić information content (AvgIpc) is 3.24. The number of carbonyl (C=O) groups is 2. The third-order valence-electron chi connectivity index (χ3n) is 7.26. The number of anilines is 1. The second kappa shape index (κ2) is 8.73. The maximum Gasteiger partial charge on any atom is 0.410 e. The molecule has 3 aromatic rings. The van der Waals surface area contributed by atoms with Crippen molar-refractivity contribution in [3.63, 3.8) is 0 Å². The molecule has 0 radical (unpaired) electrons. The van der Waals surface area contributed by atoms with Crippen molar-refractivity contribution in [3.05, 3.63) is 51.9 Å². The molecule has 0 unspecified atom stereocenters. The topological polar surface area (TPSA) is 84.0 Å². The van der Waals surface area contributed by atoms with Crippen LogP contribution in [0.5, 0.6) is 5.75 Å². The van der Waals surface area contributed by atoms with Crippen LogP contribution >= 0.6 is 11.6 Å². The number of aromatic nitrogens is 1. The fourth-order valence-electron chi connectivity index (χ4n) is 5.58. The number of hydrogen-bond acceptors (Lipinski definition) is 6. The molecule has 2 aromatic carbocycles. The second-order valence-electron chi connectivity index (χ2n) is 11.0. The zero-order valence-corrected chi connectivity index (χ0v) is 22.4. The number of carbonyl (C=O) groups excluding carboxylic acids is 2. The number of pyridine rings is 1. The van der Waals surface area contributed by atoms with Crippen LogP contribution in [0.4, 0.5) is 14.9 Å². The van der Waals surface area contributed by atoms with Crippen LogP contribution in [-0.2, 0) is 11.3 Å². The minimum Gasteiger partial charge on any atom is -0.488 e. The minimum atomic E-state index is -0.588. The van der Waals surface area contributed by atoms with E-state index >= 15 is 4.39 Å². The first kappa shape index (κ1) is 24.7. The lowest BCUT2D eigenvalue weighted by atomic mass is 9.91. The summed E-state index contributed by atoms with van der Waals surface area (Å²) in [6.07, 6.45) is 1.17. The Morgan fingerprint density at radius 2 is 2.03 bits per heavy atom. The summed E-state index contributed by atoms with van der Waals surface area (Å²) in [7, 11) is 0. The number of nitrogens with zero attached hydrogens (tertiary/aromatic N) is 3. The SMILES string of the molecule is Cc1ccc2c(c1-c1c(Cl)cc3c4c(cnc3c1F)OC[C@H]1CN(C(=O)OC(C)(C)C)CCN41)C(=O)NC2. The van der Waals surface area contributed by atoms with Crippen molar-refractivity contribution >= 4 is 40.2 Å². The monoisotopic (exact) mass is 538 g/mol. The minimum absolute atomic E-state index is 0.140. The summed E-state index contributed by atoms with van der Waals surface area (Å²) in [5.74, 6) is -0.286. The molecule has 1 atom stereocenters. The zero-order valence-electron chi connectivity index (χ0n) is 21.7. The number of aryl methyl sites for hydroxylation is 1. The number of benzene rings is 2. The van der Waals surface area contributed by atoms with E-state index in [1.54, 1.807) is 11.0 Å². The maximum absolute atomic E-state index is 16.3. The van der Waals surface area contributed by atoms with Gasteiger partial charge >= 0.3 is 6.09 Å². The third kappa shape index (κ3) is 3.91. The molecule has 8 nitrogen and oxygen atoms in total. The molecule has 0 saturated carbocycles. The van der Waals surface area contributed by atoms with Crippen molar-refractivity contribution in [2.75, 3.05) is 31.1 Å². The summed E-state index contributed by atoms with van der Waals surface area (Å²) < 4.78 is 27.9. The molecule has 6 rings (SSSR count). The second-order valence-corrected chi connectivity index (χ2v) is 11.4. The van der Waals surface area contributed by atoms with Crippen molar-refractivity contribution in [3.8, 4) is 16.9 Å². The number of ether oxygens (including phenoxy) is 2. The van der Waals surface area contributed by atoms with Gasteiger partial charge in [-0.1, -0.05) is 23.7 Å². The zero-order chi connectivity index (χ0) is 26.9. The smallest absolute Gasteiger partial charge is 0.410 e. The fourth-order valence-corrected chi connectivity index (χ4v) is 5.86. The molecule has 1 aromatic heterocycles. The standard InChI is InChI=1S/C28H28ClFN4O4/c1-14-5-6-15-10-32-26(35)21(15)20(14)22-18(29)9-17-24(23(22)30)31-11-19-25(17)34-8-7-33(12-16(34)13-37-19)27(36)38-28(2,3)4/h5-6,9,11,16H,7-8,10,12-13H2,1-4H3,(H,32,35)/t16-/m1/s1. The van der Waals surface area contributed by atoms with Gasteiger partial charge in [-0.05, 0) is 44.9 Å². The van der Waals surface area contributed by atoms with E-state index in [-0.39, 0.29) is 34.1 Å². The number of amides is 2. The quantitative estimate of drug-likeness (QED) is 0.466. The van der Waals surface area contributed by atoms with Gasteiger partial charge in [0, 0.05) is 42.7 Å². The van der Waals surface area contributed by atoms with Crippen LogP contribution in [0.2, 0.25) is 5.02 Å². The van der Waals surface area contributed by atoms with E-state index in [2.05, 4.69) is 15.2 Å². The summed E-state index contributed by atoms with van der Waals surface area (Å²) in [6, 6.07) is 5.32. The van der Waals surface area contributed by atoms with Crippen molar-refractivity contribution in [1.82, 2.24) is 15.2 Å². The van der Waals surface area contributed by atoms with E-state index in [1.807, 2.05) is 39.8 Å². The van der Waals surface area contributed by atoms with E-state index in [4.69, 9.17) is 21.1 Å². The predicted molar refractivity (Wildman–Crippen MR) is 142 cm³/mol. The summed E-state index contributed by atoms with van der Waals surface area (Å²) in [6.45, 7) is 9.49.